The number of ether oxygens (including phenoxy) is 1. The molecule has 0 N–H and O–H groups in total. The summed E-state index contributed by atoms with van der Waals surface area (Å²) < 4.78 is 7.84. The lowest BCUT2D eigenvalue weighted by atomic mass is 10.1. The Hall–Kier alpha value is -2.60. The molecule has 0 radical (unpaired) electrons. The van der Waals surface area contributed by atoms with Crippen LogP contribution in [0, 0.1) is 0 Å². The third-order valence-electron chi connectivity index (χ3n) is 5.30. The fourth-order valence-electron chi connectivity index (χ4n) is 3.67. The Morgan fingerprint density at radius 2 is 2.15 bits per heavy atom. The topological polar surface area (TPSA) is 45.9 Å². The van der Waals surface area contributed by atoms with Gasteiger partial charge in [0.15, 0.2) is 5.65 Å². The van der Waals surface area contributed by atoms with Crippen LogP contribution in [-0.2, 0) is 0 Å². The minimum Gasteiger partial charge on any atom is -0.492 e. The number of rotatable bonds is 6. The van der Waals surface area contributed by atoms with Crippen molar-refractivity contribution in [2.24, 2.45) is 0 Å². The van der Waals surface area contributed by atoms with Gasteiger partial charge in [-0.2, -0.15) is 5.10 Å². The van der Waals surface area contributed by atoms with Gasteiger partial charge >= 0.3 is 0 Å². The molecule has 2 aromatic heterocycles. The monoisotopic (exact) mass is 365 g/mol. The van der Waals surface area contributed by atoms with Crippen LogP contribution in [-0.4, -0.2) is 59.3 Å². The van der Waals surface area contributed by atoms with Gasteiger partial charge in [0.05, 0.1) is 6.20 Å². The number of likely N-dealkylation sites (tertiary alicyclic amines) is 1. The average molecular weight is 365 g/mol. The second kappa shape index (κ2) is 7.56. The Kier molecular flexibility index (Phi) is 4.99. The van der Waals surface area contributed by atoms with E-state index in [1.807, 2.05) is 54.1 Å². The number of hydrogen-bond acceptors (Lipinski definition) is 5. The summed E-state index contributed by atoms with van der Waals surface area (Å²) in [6.45, 7) is 5.18. The molecule has 142 valence electrons. The van der Waals surface area contributed by atoms with Crippen LogP contribution in [0.2, 0.25) is 0 Å². The molecule has 0 amide bonds. The summed E-state index contributed by atoms with van der Waals surface area (Å²) in [7, 11) is 3.98. The molecule has 0 spiro atoms. The van der Waals surface area contributed by atoms with E-state index in [-0.39, 0.29) is 0 Å². The highest BCUT2D eigenvalue weighted by Crippen LogP contribution is 2.27. The van der Waals surface area contributed by atoms with Crippen LogP contribution in [0.3, 0.4) is 0 Å². The molecule has 3 heterocycles. The van der Waals surface area contributed by atoms with Crippen LogP contribution in [0.4, 0.5) is 5.82 Å². The summed E-state index contributed by atoms with van der Waals surface area (Å²) in [4.78, 5) is 9.24. The van der Waals surface area contributed by atoms with Crippen molar-refractivity contribution in [3.8, 4) is 16.9 Å². The van der Waals surface area contributed by atoms with Crippen molar-refractivity contribution in [3.63, 3.8) is 0 Å². The summed E-state index contributed by atoms with van der Waals surface area (Å²) in [6.07, 6.45) is 6.41. The predicted molar refractivity (Wildman–Crippen MR) is 109 cm³/mol. The predicted octanol–water partition coefficient (Wildman–Crippen LogP) is 3.33. The standard InChI is InChI=1S/C21H27N5O/c1-16-6-5-10-25(16)12-13-27-18-8-4-7-17(14-18)19-15-22-26-11-9-20(24(2)3)23-21(19)26/h4,7-9,11,14-16H,5-6,10,12-13H2,1-3H3. The molecule has 3 aromatic rings. The highest BCUT2D eigenvalue weighted by atomic mass is 16.5. The number of fused-ring (bicyclic) bond motifs is 1. The normalized spacial score (nSPS) is 17.5. The van der Waals surface area contributed by atoms with Crippen molar-refractivity contribution < 1.29 is 4.74 Å². The fraction of sp³-hybridized carbons (Fsp3) is 0.429. The van der Waals surface area contributed by atoms with E-state index in [2.05, 4.69) is 29.1 Å². The molecule has 6 heteroatoms. The summed E-state index contributed by atoms with van der Waals surface area (Å²) >= 11 is 0. The van der Waals surface area contributed by atoms with Gasteiger partial charge in [-0.1, -0.05) is 12.1 Å². The van der Waals surface area contributed by atoms with Gasteiger partial charge in [-0.05, 0) is 50.1 Å². The Morgan fingerprint density at radius 1 is 1.26 bits per heavy atom. The molecule has 1 fully saturated rings. The van der Waals surface area contributed by atoms with E-state index in [0.29, 0.717) is 12.6 Å². The number of nitrogens with zero attached hydrogens (tertiary/aromatic N) is 5. The Balaban J connectivity index is 1.52. The van der Waals surface area contributed by atoms with Gasteiger partial charge < -0.3 is 9.64 Å². The molecule has 0 aliphatic carbocycles. The molecule has 6 nitrogen and oxygen atoms in total. The fourth-order valence-corrected chi connectivity index (χ4v) is 3.67. The zero-order chi connectivity index (χ0) is 18.8. The first kappa shape index (κ1) is 17.8. The Morgan fingerprint density at radius 3 is 2.93 bits per heavy atom. The van der Waals surface area contributed by atoms with Gasteiger partial charge in [0.25, 0.3) is 0 Å². The molecule has 1 aliphatic heterocycles. The van der Waals surface area contributed by atoms with Crippen molar-refractivity contribution in [1.29, 1.82) is 0 Å². The molecule has 27 heavy (non-hydrogen) atoms. The van der Waals surface area contributed by atoms with E-state index in [4.69, 9.17) is 9.72 Å². The number of hydrogen-bond donors (Lipinski definition) is 0. The highest BCUT2D eigenvalue weighted by Gasteiger charge is 2.19. The smallest absolute Gasteiger partial charge is 0.165 e. The largest absolute Gasteiger partial charge is 0.492 e. The number of anilines is 1. The van der Waals surface area contributed by atoms with Crippen molar-refractivity contribution in [2.75, 3.05) is 38.7 Å². The molecule has 1 saturated heterocycles. The van der Waals surface area contributed by atoms with E-state index < -0.39 is 0 Å². The molecular formula is C21H27N5O. The summed E-state index contributed by atoms with van der Waals surface area (Å²) in [6, 6.07) is 10.8. The maximum Gasteiger partial charge on any atom is 0.165 e. The Bertz CT molecular complexity index is 920. The van der Waals surface area contributed by atoms with E-state index in [1.54, 1.807) is 0 Å². The molecule has 1 aromatic carbocycles. The van der Waals surface area contributed by atoms with Crippen LogP contribution in [0.5, 0.6) is 5.75 Å². The molecule has 4 rings (SSSR count). The zero-order valence-electron chi connectivity index (χ0n) is 16.3. The van der Waals surface area contributed by atoms with Gasteiger partial charge in [-0.25, -0.2) is 9.50 Å². The van der Waals surface area contributed by atoms with E-state index in [1.165, 1.54) is 19.4 Å². The summed E-state index contributed by atoms with van der Waals surface area (Å²) in [5, 5.41) is 4.44. The third-order valence-corrected chi connectivity index (χ3v) is 5.30. The SMILES string of the molecule is CC1CCCN1CCOc1cccc(-c2cnn3ccc(N(C)C)nc23)c1. The third kappa shape index (κ3) is 3.76. The van der Waals surface area contributed by atoms with Crippen LogP contribution >= 0.6 is 0 Å². The van der Waals surface area contributed by atoms with Crippen LogP contribution < -0.4 is 9.64 Å². The van der Waals surface area contributed by atoms with Gasteiger partial charge in [-0.3, -0.25) is 4.90 Å². The number of aromatic nitrogens is 3. The van der Waals surface area contributed by atoms with Crippen molar-refractivity contribution in [1.82, 2.24) is 19.5 Å². The summed E-state index contributed by atoms with van der Waals surface area (Å²) in [5.41, 5.74) is 2.93. The first-order valence-corrected chi connectivity index (χ1v) is 9.61. The molecule has 1 unspecified atom stereocenters. The minimum atomic E-state index is 0.677. The molecule has 1 atom stereocenters. The van der Waals surface area contributed by atoms with Gasteiger partial charge in [0.2, 0.25) is 0 Å². The Labute approximate surface area is 160 Å². The molecule has 1 aliphatic rings. The van der Waals surface area contributed by atoms with Gasteiger partial charge in [0, 0.05) is 38.4 Å². The minimum absolute atomic E-state index is 0.677. The van der Waals surface area contributed by atoms with E-state index in [9.17, 15) is 0 Å². The second-order valence-corrected chi connectivity index (χ2v) is 7.41. The van der Waals surface area contributed by atoms with E-state index >= 15 is 0 Å². The maximum atomic E-state index is 6.03. The first-order valence-electron chi connectivity index (χ1n) is 9.61. The van der Waals surface area contributed by atoms with Crippen molar-refractivity contribution >= 4 is 11.5 Å². The molecule has 0 saturated carbocycles. The maximum absolute atomic E-state index is 6.03. The molecule has 0 bridgehead atoms. The highest BCUT2D eigenvalue weighted by molar-refractivity contribution is 5.78. The quantitative estimate of drug-likeness (QED) is 0.670. The lowest BCUT2D eigenvalue weighted by Crippen LogP contribution is -2.31. The van der Waals surface area contributed by atoms with Gasteiger partial charge in [0.1, 0.15) is 18.2 Å². The van der Waals surface area contributed by atoms with Gasteiger partial charge in [-0.15, -0.1) is 0 Å². The van der Waals surface area contributed by atoms with Crippen LogP contribution in [0.25, 0.3) is 16.8 Å². The summed E-state index contributed by atoms with van der Waals surface area (Å²) in [5.74, 6) is 1.80. The number of benzene rings is 1. The first-order chi connectivity index (χ1) is 13.1. The van der Waals surface area contributed by atoms with Crippen LogP contribution in [0.1, 0.15) is 19.8 Å². The van der Waals surface area contributed by atoms with Crippen molar-refractivity contribution in [3.05, 3.63) is 42.7 Å². The average Bonchev–Trinajstić information content (AvgIpc) is 3.27. The zero-order valence-corrected chi connectivity index (χ0v) is 16.3. The van der Waals surface area contributed by atoms with Crippen LogP contribution in [0.15, 0.2) is 42.7 Å². The van der Waals surface area contributed by atoms with Crippen molar-refractivity contribution in [2.45, 2.75) is 25.8 Å². The molecular weight excluding hydrogens is 338 g/mol. The van der Waals surface area contributed by atoms with E-state index in [0.717, 1.165) is 34.9 Å². The lowest BCUT2D eigenvalue weighted by molar-refractivity contribution is 0.204. The second-order valence-electron chi connectivity index (χ2n) is 7.41. The lowest BCUT2D eigenvalue weighted by Gasteiger charge is -2.20.